The van der Waals surface area contributed by atoms with E-state index in [0.717, 1.165) is 31.4 Å². The number of aliphatic hydroxyl groups is 1. The summed E-state index contributed by atoms with van der Waals surface area (Å²) in [4.78, 5) is 14.3. The lowest BCUT2D eigenvalue weighted by atomic mass is 9.98. The highest BCUT2D eigenvalue weighted by Gasteiger charge is 2.25. The molecule has 21 heavy (non-hydrogen) atoms. The SMILES string of the molecule is N#Cc1ccc(CCC(=O)N2CCCCC2CCO)cc1. The van der Waals surface area contributed by atoms with Crippen molar-refractivity contribution in [1.29, 1.82) is 5.26 Å². The summed E-state index contributed by atoms with van der Waals surface area (Å²) in [6.07, 6.45) is 5.08. The van der Waals surface area contributed by atoms with Crippen LogP contribution < -0.4 is 0 Å². The van der Waals surface area contributed by atoms with Crippen LogP contribution in [0.3, 0.4) is 0 Å². The predicted molar refractivity (Wildman–Crippen MR) is 80.5 cm³/mol. The van der Waals surface area contributed by atoms with E-state index in [9.17, 15) is 4.79 Å². The van der Waals surface area contributed by atoms with E-state index in [1.165, 1.54) is 0 Å². The van der Waals surface area contributed by atoms with Gasteiger partial charge in [-0.1, -0.05) is 12.1 Å². The van der Waals surface area contributed by atoms with Gasteiger partial charge in [-0.15, -0.1) is 0 Å². The highest BCUT2D eigenvalue weighted by Crippen LogP contribution is 2.21. The van der Waals surface area contributed by atoms with Crippen LogP contribution in [0.2, 0.25) is 0 Å². The van der Waals surface area contributed by atoms with Crippen LogP contribution in [-0.4, -0.2) is 35.1 Å². The lowest BCUT2D eigenvalue weighted by molar-refractivity contribution is -0.135. The number of piperidine rings is 1. The van der Waals surface area contributed by atoms with Gasteiger partial charge in [-0.3, -0.25) is 4.79 Å². The molecule has 4 nitrogen and oxygen atoms in total. The predicted octanol–water partition coefficient (Wildman–Crippen LogP) is 2.25. The number of likely N-dealkylation sites (tertiary alicyclic amines) is 1. The van der Waals surface area contributed by atoms with Crippen molar-refractivity contribution in [2.24, 2.45) is 0 Å². The number of carbonyl (C=O) groups is 1. The van der Waals surface area contributed by atoms with Crippen molar-refractivity contribution in [3.05, 3.63) is 35.4 Å². The number of aryl methyl sites for hydroxylation is 1. The molecule has 1 saturated heterocycles. The topological polar surface area (TPSA) is 64.3 Å². The van der Waals surface area contributed by atoms with Crippen LogP contribution in [0.1, 0.15) is 43.2 Å². The van der Waals surface area contributed by atoms with E-state index in [2.05, 4.69) is 6.07 Å². The number of aliphatic hydroxyl groups excluding tert-OH is 1. The summed E-state index contributed by atoms with van der Waals surface area (Å²) < 4.78 is 0. The highest BCUT2D eigenvalue weighted by molar-refractivity contribution is 5.77. The minimum atomic E-state index is 0.143. The van der Waals surface area contributed by atoms with Crippen molar-refractivity contribution in [3.63, 3.8) is 0 Å². The van der Waals surface area contributed by atoms with E-state index in [1.807, 2.05) is 17.0 Å². The molecule has 1 fully saturated rings. The Morgan fingerprint density at radius 2 is 2.10 bits per heavy atom. The Labute approximate surface area is 126 Å². The summed E-state index contributed by atoms with van der Waals surface area (Å²) in [6, 6.07) is 9.69. The highest BCUT2D eigenvalue weighted by atomic mass is 16.3. The standard InChI is InChI=1S/C17H22N2O2/c18-13-15-6-4-14(5-7-15)8-9-17(21)19-11-2-1-3-16(19)10-12-20/h4-7,16,20H,1-3,8-12H2. The number of rotatable bonds is 5. The molecule has 1 aromatic carbocycles. The van der Waals surface area contributed by atoms with Gasteiger partial charge in [0, 0.05) is 25.6 Å². The van der Waals surface area contributed by atoms with E-state index in [1.54, 1.807) is 12.1 Å². The molecule has 1 heterocycles. The minimum Gasteiger partial charge on any atom is -0.396 e. The average Bonchev–Trinajstić information content (AvgIpc) is 2.54. The number of hydrogen-bond acceptors (Lipinski definition) is 3. The Bertz CT molecular complexity index is 503. The molecule has 0 aromatic heterocycles. The van der Waals surface area contributed by atoms with Crippen LogP contribution in [0.15, 0.2) is 24.3 Å². The molecule has 1 aliphatic rings. The van der Waals surface area contributed by atoms with E-state index in [4.69, 9.17) is 10.4 Å². The second-order valence-electron chi connectivity index (χ2n) is 5.56. The van der Waals surface area contributed by atoms with Gasteiger partial charge < -0.3 is 10.0 Å². The summed E-state index contributed by atoms with van der Waals surface area (Å²) in [5.41, 5.74) is 1.72. The molecular weight excluding hydrogens is 264 g/mol. The number of carbonyl (C=O) groups excluding carboxylic acids is 1. The van der Waals surface area contributed by atoms with Crippen molar-refractivity contribution in [3.8, 4) is 6.07 Å². The molecule has 1 aromatic rings. The van der Waals surface area contributed by atoms with Crippen molar-refractivity contribution < 1.29 is 9.90 Å². The van der Waals surface area contributed by atoms with Crippen LogP contribution >= 0.6 is 0 Å². The summed E-state index contributed by atoms with van der Waals surface area (Å²) in [5, 5.41) is 17.9. The number of hydrogen-bond donors (Lipinski definition) is 1. The Hall–Kier alpha value is -1.86. The van der Waals surface area contributed by atoms with Crippen molar-refractivity contribution in [2.45, 2.75) is 44.6 Å². The maximum Gasteiger partial charge on any atom is 0.223 e. The molecule has 0 bridgehead atoms. The molecule has 0 aliphatic carbocycles. The third-order valence-electron chi connectivity index (χ3n) is 4.12. The van der Waals surface area contributed by atoms with Crippen LogP contribution in [0.25, 0.3) is 0 Å². The van der Waals surface area contributed by atoms with Crippen molar-refractivity contribution >= 4 is 5.91 Å². The lowest BCUT2D eigenvalue weighted by Crippen LogP contribution is -2.44. The maximum atomic E-state index is 12.4. The molecule has 0 radical (unpaired) electrons. The van der Waals surface area contributed by atoms with Gasteiger partial charge in [0.05, 0.1) is 11.6 Å². The van der Waals surface area contributed by atoms with Gasteiger partial charge in [-0.25, -0.2) is 0 Å². The van der Waals surface area contributed by atoms with Crippen molar-refractivity contribution in [1.82, 2.24) is 4.90 Å². The summed E-state index contributed by atoms with van der Waals surface area (Å²) in [6.45, 7) is 0.959. The van der Waals surface area contributed by atoms with E-state index >= 15 is 0 Å². The van der Waals surface area contributed by atoms with Crippen LogP contribution in [0.4, 0.5) is 0 Å². The zero-order valence-electron chi connectivity index (χ0n) is 12.3. The molecular formula is C17H22N2O2. The largest absolute Gasteiger partial charge is 0.396 e. The van der Waals surface area contributed by atoms with Gasteiger partial charge in [-0.2, -0.15) is 5.26 Å². The first-order chi connectivity index (χ1) is 10.2. The fourth-order valence-corrected chi connectivity index (χ4v) is 2.92. The first-order valence-corrected chi connectivity index (χ1v) is 7.64. The Morgan fingerprint density at radius 1 is 1.33 bits per heavy atom. The number of nitriles is 1. The molecule has 1 atom stereocenters. The van der Waals surface area contributed by atoms with E-state index in [-0.39, 0.29) is 18.6 Å². The fraction of sp³-hybridized carbons (Fsp3) is 0.529. The van der Waals surface area contributed by atoms with Crippen LogP contribution in [-0.2, 0) is 11.2 Å². The molecule has 1 N–H and O–H groups in total. The Kier molecular flexibility index (Phi) is 5.77. The third-order valence-corrected chi connectivity index (χ3v) is 4.12. The van der Waals surface area contributed by atoms with Gasteiger partial charge in [-0.05, 0) is 49.8 Å². The molecule has 1 aliphatic heterocycles. The molecule has 4 heteroatoms. The normalized spacial score (nSPS) is 18.3. The second-order valence-corrected chi connectivity index (χ2v) is 5.56. The van der Waals surface area contributed by atoms with Gasteiger partial charge in [0.15, 0.2) is 0 Å². The summed E-state index contributed by atoms with van der Waals surface area (Å²) >= 11 is 0. The van der Waals surface area contributed by atoms with Gasteiger partial charge in [0.1, 0.15) is 0 Å². The van der Waals surface area contributed by atoms with E-state index < -0.39 is 0 Å². The molecule has 2 rings (SSSR count). The Balaban J connectivity index is 1.89. The average molecular weight is 286 g/mol. The van der Waals surface area contributed by atoms with Crippen LogP contribution in [0, 0.1) is 11.3 Å². The first kappa shape index (κ1) is 15.5. The summed E-state index contributed by atoms with van der Waals surface area (Å²) in [5.74, 6) is 0.178. The quantitative estimate of drug-likeness (QED) is 0.903. The fourth-order valence-electron chi connectivity index (χ4n) is 2.92. The van der Waals surface area contributed by atoms with Gasteiger partial charge >= 0.3 is 0 Å². The number of nitrogens with zero attached hydrogens (tertiary/aromatic N) is 2. The minimum absolute atomic E-state index is 0.143. The molecule has 112 valence electrons. The maximum absolute atomic E-state index is 12.4. The molecule has 1 amide bonds. The van der Waals surface area contributed by atoms with Gasteiger partial charge in [0.2, 0.25) is 5.91 Å². The third kappa shape index (κ3) is 4.30. The zero-order valence-corrected chi connectivity index (χ0v) is 12.3. The van der Waals surface area contributed by atoms with Crippen molar-refractivity contribution in [2.75, 3.05) is 13.2 Å². The molecule has 0 spiro atoms. The smallest absolute Gasteiger partial charge is 0.223 e. The first-order valence-electron chi connectivity index (χ1n) is 7.64. The monoisotopic (exact) mass is 286 g/mol. The van der Waals surface area contributed by atoms with Crippen LogP contribution in [0.5, 0.6) is 0 Å². The molecule has 1 unspecified atom stereocenters. The number of benzene rings is 1. The summed E-state index contributed by atoms with van der Waals surface area (Å²) in [7, 11) is 0. The zero-order chi connectivity index (χ0) is 15.1. The second kappa shape index (κ2) is 7.80. The Morgan fingerprint density at radius 3 is 2.76 bits per heavy atom. The van der Waals surface area contributed by atoms with Gasteiger partial charge in [0.25, 0.3) is 0 Å². The lowest BCUT2D eigenvalue weighted by Gasteiger charge is -2.35. The number of amides is 1. The molecule has 0 saturated carbocycles. The van der Waals surface area contributed by atoms with E-state index in [0.29, 0.717) is 24.8 Å².